The van der Waals surface area contributed by atoms with Crippen LogP contribution in [-0.4, -0.2) is 17.4 Å². The number of nitrogens with two attached hydrogens (primary N) is 1. The van der Waals surface area contributed by atoms with Gasteiger partial charge in [-0.05, 0) is 36.6 Å². The van der Waals surface area contributed by atoms with E-state index in [1.807, 2.05) is 6.07 Å². The van der Waals surface area contributed by atoms with E-state index in [4.69, 9.17) is 11.1 Å². The average Bonchev–Trinajstić information content (AvgIpc) is 2.47. The molecule has 0 spiro atoms. The number of aryl methyl sites for hydroxylation is 1. The first kappa shape index (κ1) is 11.7. The maximum atomic E-state index is 7.37. The number of fused-ring (bicyclic) bond motifs is 1. The number of nitrogens with zero attached hydrogens (tertiary/aromatic N) is 2. The molecule has 96 valence electrons. The normalized spacial score (nSPS) is 14.0. The highest BCUT2D eigenvalue weighted by Crippen LogP contribution is 2.32. The van der Waals surface area contributed by atoms with E-state index in [0.717, 1.165) is 25.1 Å². The number of hydrogen-bond donors (Lipinski definition) is 2. The molecule has 0 saturated heterocycles. The van der Waals surface area contributed by atoms with Gasteiger partial charge in [0.25, 0.3) is 0 Å². The van der Waals surface area contributed by atoms with Crippen molar-refractivity contribution in [1.29, 1.82) is 5.41 Å². The number of aromatic nitrogens is 1. The topological polar surface area (TPSA) is 66.0 Å². The summed E-state index contributed by atoms with van der Waals surface area (Å²) in [6, 6.07) is 12.3. The third-order valence-electron chi connectivity index (χ3n) is 3.45. The number of hydrogen-bond acceptors (Lipinski definition) is 3. The zero-order chi connectivity index (χ0) is 13.2. The standard InChI is InChI=1S/C15H16N4/c16-15(17)13-8-7-12(10-18-13)19-9-3-5-11-4-1-2-6-14(11)19/h1-2,4,6-8,10H,3,5,9H2,(H3,16,17). The van der Waals surface area contributed by atoms with Crippen molar-refractivity contribution in [3.63, 3.8) is 0 Å². The van der Waals surface area contributed by atoms with Crippen molar-refractivity contribution in [3.05, 3.63) is 53.9 Å². The molecule has 4 heteroatoms. The first-order valence-corrected chi connectivity index (χ1v) is 6.41. The molecule has 0 atom stereocenters. The molecule has 1 aromatic carbocycles. The lowest BCUT2D eigenvalue weighted by Crippen LogP contribution is -2.24. The minimum Gasteiger partial charge on any atom is -0.382 e. The van der Waals surface area contributed by atoms with E-state index in [1.54, 1.807) is 12.3 Å². The number of benzene rings is 1. The van der Waals surface area contributed by atoms with Gasteiger partial charge in [0.05, 0.1) is 11.9 Å². The molecule has 0 unspecified atom stereocenters. The van der Waals surface area contributed by atoms with E-state index in [-0.39, 0.29) is 5.84 Å². The Kier molecular flexibility index (Phi) is 2.91. The van der Waals surface area contributed by atoms with Crippen LogP contribution < -0.4 is 10.6 Å². The number of para-hydroxylation sites is 1. The summed E-state index contributed by atoms with van der Waals surface area (Å²) in [5.74, 6) is 0.00518. The second-order valence-corrected chi connectivity index (χ2v) is 4.70. The number of amidine groups is 1. The van der Waals surface area contributed by atoms with Crippen LogP contribution in [0.15, 0.2) is 42.6 Å². The quantitative estimate of drug-likeness (QED) is 0.637. The molecule has 0 amide bonds. The molecule has 3 rings (SSSR count). The molecule has 19 heavy (non-hydrogen) atoms. The molecule has 2 aromatic rings. The molecule has 1 aliphatic rings. The van der Waals surface area contributed by atoms with Crippen LogP contribution in [0.4, 0.5) is 11.4 Å². The molecule has 0 saturated carbocycles. The first-order valence-electron chi connectivity index (χ1n) is 6.41. The Morgan fingerprint density at radius 1 is 1.21 bits per heavy atom. The highest BCUT2D eigenvalue weighted by atomic mass is 15.1. The van der Waals surface area contributed by atoms with E-state index in [0.29, 0.717) is 5.69 Å². The zero-order valence-electron chi connectivity index (χ0n) is 10.6. The number of pyridine rings is 1. The predicted octanol–water partition coefficient (Wildman–Crippen LogP) is 2.45. The van der Waals surface area contributed by atoms with Gasteiger partial charge in [0, 0.05) is 12.2 Å². The van der Waals surface area contributed by atoms with Gasteiger partial charge in [-0.2, -0.15) is 0 Å². The molecule has 4 nitrogen and oxygen atoms in total. The van der Waals surface area contributed by atoms with Gasteiger partial charge >= 0.3 is 0 Å². The minimum absolute atomic E-state index is 0.00518. The molecular weight excluding hydrogens is 236 g/mol. The molecule has 1 aliphatic heterocycles. The summed E-state index contributed by atoms with van der Waals surface area (Å²) in [5.41, 5.74) is 9.64. The first-order chi connectivity index (χ1) is 9.25. The molecular formula is C15H16N4. The van der Waals surface area contributed by atoms with Crippen molar-refractivity contribution in [2.24, 2.45) is 5.73 Å². The maximum absolute atomic E-state index is 7.37. The number of anilines is 2. The maximum Gasteiger partial charge on any atom is 0.141 e. The highest BCUT2D eigenvalue weighted by molar-refractivity contribution is 5.93. The van der Waals surface area contributed by atoms with Crippen molar-refractivity contribution < 1.29 is 0 Å². The van der Waals surface area contributed by atoms with Gasteiger partial charge in [0.2, 0.25) is 0 Å². The van der Waals surface area contributed by atoms with Gasteiger partial charge in [-0.25, -0.2) is 0 Å². The van der Waals surface area contributed by atoms with Crippen molar-refractivity contribution in [2.45, 2.75) is 12.8 Å². The summed E-state index contributed by atoms with van der Waals surface area (Å²) in [4.78, 5) is 6.51. The fraction of sp³-hybridized carbons (Fsp3) is 0.200. The van der Waals surface area contributed by atoms with Crippen LogP contribution in [-0.2, 0) is 6.42 Å². The molecule has 3 N–H and O–H groups in total. The third kappa shape index (κ3) is 2.17. The van der Waals surface area contributed by atoms with E-state index < -0.39 is 0 Å². The minimum atomic E-state index is 0.00518. The van der Waals surface area contributed by atoms with E-state index in [2.05, 4.69) is 34.1 Å². The van der Waals surface area contributed by atoms with Crippen LogP contribution >= 0.6 is 0 Å². The van der Waals surface area contributed by atoms with Crippen LogP contribution in [0.2, 0.25) is 0 Å². The Bertz CT molecular complexity index is 604. The molecule has 1 aromatic heterocycles. The third-order valence-corrected chi connectivity index (χ3v) is 3.45. The van der Waals surface area contributed by atoms with Gasteiger partial charge in [-0.1, -0.05) is 18.2 Å². The number of nitrogen functional groups attached to an aromatic ring is 1. The molecule has 0 aliphatic carbocycles. The van der Waals surface area contributed by atoms with E-state index >= 15 is 0 Å². The Balaban J connectivity index is 1.97. The molecule has 0 fully saturated rings. The summed E-state index contributed by atoms with van der Waals surface area (Å²) in [6.07, 6.45) is 4.07. The van der Waals surface area contributed by atoms with Gasteiger partial charge in [0.1, 0.15) is 11.5 Å². The van der Waals surface area contributed by atoms with Gasteiger partial charge in [0.15, 0.2) is 0 Å². The second-order valence-electron chi connectivity index (χ2n) is 4.70. The summed E-state index contributed by atoms with van der Waals surface area (Å²) in [5, 5.41) is 7.37. The van der Waals surface area contributed by atoms with Crippen molar-refractivity contribution >= 4 is 17.2 Å². The molecule has 2 heterocycles. The summed E-state index contributed by atoms with van der Waals surface area (Å²) >= 11 is 0. The fourth-order valence-corrected chi connectivity index (χ4v) is 2.51. The SMILES string of the molecule is N=C(N)c1ccc(N2CCCc3ccccc32)cn1. The fourth-order valence-electron chi connectivity index (χ4n) is 2.51. The van der Waals surface area contributed by atoms with Crippen LogP contribution in [0.1, 0.15) is 17.7 Å². The van der Waals surface area contributed by atoms with Crippen molar-refractivity contribution in [2.75, 3.05) is 11.4 Å². The van der Waals surface area contributed by atoms with Crippen LogP contribution in [0.5, 0.6) is 0 Å². The van der Waals surface area contributed by atoms with Gasteiger partial charge in [-0.15, -0.1) is 0 Å². The van der Waals surface area contributed by atoms with E-state index in [9.17, 15) is 0 Å². The lowest BCUT2D eigenvalue weighted by Gasteiger charge is -2.31. The van der Waals surface area contributed by atoms with Crippen LogP contribution in [0.3, 0.4) is 0 Å². The van der Waals surface area contributed by atoms with E-state index in [1.165, 1.54) is 11.3 Å². The van der Waals surface area contributed by atoms with Crippen LogP contribution in [0, 0.1) is 5.41 Å². The lowest BCUT2D eigenvalue weighted by molar-refractivity contribution is 0.765. The Morgan fingerprint density at radius 3 is 2.79 bits per heavy atom. The summed E-state index contributed by atoms with van der Waals surface area (Å²) in [7, 11) is 0. The smallest absolute Gasteiger partial charge is 0.141 e. The highest BCUT2D eigenvalue weighted by Gasteiger charge is 2.17. The Labute approximate surface area is 112 Å². The molecule has 0 bridgehead atoms. The second kappa shape index (κ2) is 4.72. The zero-order valence-corrected chi connectivity index (χ0v) is 10.6. The summed E-state index contributed by atoms with van der Waals surface area (Å²) in [6.45, 7) is 0.998. The monoisotopic (exact) mass is 252 g/mol. The van der Waals surface area contributed by atoms with Crippen molar-refractivity contribution in [1.82, 2.24) is 4.98 Å². The van der Waals surface area contributed by atoms with Gasteiger partial charge in [-0.3, -0.25) is 10.4 Å². The van der Waals surface area contributed by atoms with Crippen molar-refractivity contribution in [3.8, 4) is 0 Å². The predicted molar refractivity (Wildman–Crippen MR) is 77.0 cm³/mol. The summed E-state index contributed by atoms with van der Waals surface area (Å²) < 4.78 is 0. The molecule has 0 radical (unpaired) electrons. The van der Waals surface area contributed by atoms with Gasteiger partial charge < -0.3 is 10.6 Å². The Hall–Kier alpha value is -2.36. The largest absolute Gasteiger partial charge is 0.382 e. The Morgan fingerprint density at radius 2 is 2.05 bits per heavy atom. The number of nitrogens with one attached hydrogen (secondary N) is 1. The van der Waals surface area contributed by atoms with Crippen LogP contribution in [0.25, 0.3) is 0 Å². The number of rotatable bonds is 2. The lowest BCUT2D eigenvalue weighted by atomic mass is 10.0. The average molecular weight is 252 g/mol.